The number of amides is 1. The molecule has 0 aromatic rings. The van der Waals surface area contributed by atoms with E-state index >= 15 is 0 Å². The quantitative estimate of drug-likeness (QED) is 0.226. The van der Waals surface area contributed by atoms with Gasteiger partial charge in [-0.05, 0) is 58.9 Å². The van der Waals surface area contributed by atoms with Crippen LogP contribution in [0, 0.1) is 0 Å². The maximum absolute atomic E-state index is 12.0. The Morgan fingerprint density at radius 3 is 1.55 bits per heavy atom. The highest BCUT2D eigenvalue weighted by atomic mass is 28.4. The minimum atomic E-state index is -2.09. The van der Waals surface area contributed by atoms with Gasteiger partial charge in [-0.2, -0.15) is 0 Å². The van der Waals surface area contributed by atoms with Gasteiger partial charge in [-0.15, -0.1) is 0 Å². The fourth-order valence-corrected chi connectivity index (χ4v) is 5.95. The molecule has 0 aromatic heterocycles. The van der Waals surface area contributed by atoms with Crippen molar-refractivity contribution in [3.05, 3.63) is 0 Å². The van der Waals surface area contributed by atoms with E-state index in [1.165, 1.54) is 27.4 Å². The first kappa shape index (κ1) is 29.9. The van der Waals surface area contributed by atoms with E-state index in [0.29, 0.717) is 0 Å². The predicted molar refractivity (Wildman–Crippen MR) is 133 cm³/mol. The number of carbonyl (C=O) groups is 1. The first-order chi connectivity index (χ1) is 14.0. The molecule has 0 spiro atoms. The van der Waals surface area contributed by atoms with E-state index in [1.807, 2.05) is 0 Å². The summed E-state index contributed by atoms with van der Waals surface area (Å²) in [5.41, 5.74) is 0. The van der Waals surface area contributed by atoms with Crippen molar-refractivity contribution in [1.82, 2.24) is 5.32 Å². The second-order valence-corrected chi connectivity index (χ2v) is 23.6. The van der Waals surface area contributed by atoms with Crippen LogP contribution in [0.5, 0.6) is 0 Å². The standard InChI is InChI=1S/C19H43N3O6Si3/c1-15(23)22-16(13-20-24-2)18(27-30(7,8)9)19(28-31(10,11)12)17(14-21-25-3)26-29(4,5)6/h13-14,16-19H,1-12H3,(H,22,23)/b20-13-,21-14+. The highest BCUT2D eigenvalue weighted by Crippen LogP contribution is 2.25. The van der Waals surface area contributed by atoms with Crippen molar-refractivity contribution in [1.29, 1.82) is 0 Å². The van der Waals surface area contributed by atoms with Crippen LogP contribution >= 0.6 is 0 Å². The molecular weight excluding hydrogens is 450 g/mol. The zero-order chi connectivity index (χ0) is 24.5. The fraction of sp³-hybridized carbons (Fsp3) is 0.842. The fourth-order valence-electron chi connectivity index (χ4n) is 2.76. The molecule has 0 fully saturated rings. The number of nitrogens with zero attached hydrogens (tertiary/aromatic N) is 2. The molecule has 12 heteroatoms. The Balaban J connectivity index is 6.59. The first-order valence-corrected chi connectivity index (χ1v) is 20.7. The van der Waals surface area contributed by atoms with Crippen molar-refractivity contribution >= 4 is 43.3 Å². The number of hydrogen-bond acceptors (Lipinski definition) is 8. The maximum Gasteiger partial charge on any atom is 0.217 e. The summed E-state index contributed by atoms with van der Waals surface area (Å²) in [5.74, 6) is -0.211. The SMILES string of the molecule is CO/N=C\C(NC(C)=O)C(O[Si](C)(C)C)C(O[Si](C)(C)C)C(/C=N/OC)O[Si](C)(C)C. The molecule has 182 valence electrons. The Morgan fingerprint density at radius 2 is 1.16 bits per heavy atom. The van der Waals surface area contributed by atoms with E-state index in [9.17, 15) is 4.79 Å². The Bertz CT molecular complexity index is 600. The normalized spacial score (nSPS) is 17.4. The number of nitrogens with one attached hydrogen (secondary N) is 1. The Morgan fingerprint density at radius 1 is 0.742 bits per heavy atom. The number of rotatable bonds is 14. The average molecular weight is 494 g/mol. The van der Waals surface area contributed by atoms with Crippen molar-refractivity contribution in [3.63, 3.8) is 0 Å². The minimum absolute atomic E-state index is 0.211. The molecule has 0 saturated carbocycles. The van der Waals surface area contributed by atoms with Crippen LogP contribution in [0.1, 0.15) is 6.92 Å². The average Bonchev–Trinajstić information content (AvgIpc) is 2.55. The van der Waals surface area contributed by atoms with Crippen LogP contribution in [0.4, 0.5) is 0 Å². The highest BCUT2D eigenvalue weighted by Gasteiger charge is 2.42. The lowest BCUT2D eigenvalue weighted by molar-refractivity contribution is -0.120. The van der Waals surface area contributed by atoms with Crippen LogP contribution in [0.15, 0.2) is 10.3 Å². The molecule has 0 aliphatic heterocycles. The van der Waals surface area contributed by atoms with Crippen LogP contribution in [-0.2, 0) is 27.7 Å². The molecule has 4 atom stereocenters. The monoisotopic (exact) mass is 493 g/mol. The van der Waals surface area contributed by atoms with Crippen molar-refractivity contribution in [2.75, 3.05) is 14.2 Å². The first-order valence-electron chi connectivity index (χ1n) is 10.4. The molecule has 0 saturated heterocycles. The van der Waals surface area contributed by atoms with Gasteiger partial charge in [0.2, 0.25) is 5.91 Å². The second kappa shape index (κ2) is 12.8. The summed E-state index contributed by atoms with van der Waals surface area (Å²) in [6.45, 7) is 20.3. The Kier molecular flexibility index (Phi) is 12.4. The van der Waals surface area contributed by atoms with E-state index in [1.54, 1.807) is 6.21 Å². The van der Waals surface area contributed by atoms with E-state index < -0.39 is 49.3 Å². The molecule has 9 nitrogen and oxygen atoms in total. The van der Waals surface area contributed by atoms with Gasteiger partial charge in [0, 0.05) is 6.92 Å². The molecule has 0 bridgehead atoms. The van der Waals surface area contributed by atoms with Gasteiger partial charge >= 0.3 is 0 Å². The summed E-state index contributed by atoms with van der Waals surface area (Å²) in [5, 5.41) is 10.8. The lowest BCUT2D eigenvalue weighted by atomic mass is 10.0. The zero-order valence-corrected chi connectivity index (χ0v) is 24.3. The van der Waals surface area contributed by atoms with Crippen molar-refractivity contribution in [2.24, 2.45) is 10.3 Å². The van der Waals surface area contributed by atoms with Crippen LogP contribution in [0.2, 0.25) is 58.9 Å². The third-order valence-electron chi connectivity index (χ3n) is 3.48. The van der Waals surface area contributed by atoms with E-state index in [-0.39, 0.29) is 5.91 Å². The smallest absolute Gasteiger partial charge is 0.217 e. The summed E-state index contributed by atoms with van der Waals surface area (Å²) in [6.07, 6.45) is 1.48. The third-order valence-corrected chi connectivity index (χ3v) is 6.42. The van der Waals surface area contributed by atoms with Gasteiger partial charge in [-0.3, -0.25) is 4.79 Å². The summed E-state index contributed by atoms with van der Waals surface area (Å²) < 4.78 is 19.7. The molecule has 0 heterocycles. The van der Waals surface area contributed by atoms with Crippen LogP contribution in [0.3, 0.4) is 0 Å². The minimum Gasteiger partial charge on any atom is -0.410 e. The molecule has 1 amide bonds. The van der Waals surface area contributed by atoms with E-state index in [0.717, 1.165) is 0 Å². The maximum atomic E-state index is 12.0. The van der Waals surface area contributed by atoms with Crippen molar-refractivity contribution < 1.29 is 27.7 Å². The summed E-state index contributed by atoms with van der Waals surface area (Å²) in [6, 6.07) is -0.589. The van der Waals surface area contributed by atoms with Gasteiger partial charge < -0.3 is 28.3 Å². The van der Waals surface area contributed by atoms with E-state index in [2.05, 4.69) is 74.6 Å². The Hall–Kier alpha value is -1.06. The van der Waals surface area contributed by atoms with Gasteiger partial charge in [-0.25, -0.2) is 0 Å². The van der Waals surface area contributed by atoms with Gasteiger partial charge in [0.15, 0.2) is 25.0 Å². The van der Waals surface area contributed by atoms with Crippen LogP contribution in [0.25, 0.3) is 0 Å². The Labute approximate surface area is 191 Å². The van der Waals surface area contributed by atoms with Crippen LogP contribution in [-0.4, -0.2) is 81.9 Å². The summed E-state index contributed by atoms with van der Waals surface area (Å²) in [4.78, 5) is 21.8. The highest BCUT2D eigenvalue weighted by molar-refractivity contribution is 6.70. The number of carbonyl (C=O) groups excluding carboxylic acids is 1. The predicted octanol–water partition coefficient (Wildman–Crippen LogP) is 3.42. The number of oxime groups is 2. The summed E-state index contributed by atoms with van der Waals surface area (Å²) >= 11 is 0. The number of hydrogen-bond donors (Lipinski definition) is 1. The van der Waals surface area contributed by atoms with E-state index in [4.69, 9.17) is 23.0 Å². The molecule has 31 heavy (non-hydrogen) atoms. The molecule has 0 aromatic carbocycles. The second-order valence-electron chi connectivity index (χ2n) is 10.2. The summed E-state index contributed by atoms with van der Waals surface area (Å²) in [7, 11) is -3.23. The van der Waals surface area contributed by atoms with Gasteiger partial charge in [0.25, 0.3) is 0 Å². The largest absolute Gasteiger partial charge is 0.410 e. The van der Waals surface area contributed by atoms with Crippen molar-refractivity contribution in [3.8, 4) is 0 Å². The molecular formula is C19H43N3O6Si3. The third kappa shape index (κ3) is 14.6. The van der Waals surface area contributed by atoms with Gasteiger partial charge in [0.1, 0.15) is 26.4 Å². The molecule has 0 rings (SSSR count). The van der Waals surface area contributed by atoms with Crippen LogP contribution < -0.4 is 5.32 Å². The van der Waals surface area contributed by atoms with Gasteiger partial charge in [0.05, 0.1) is 24.6 Å². The molecule has 1 N–H and O–H groups in total. The van der Waals surface area contributed by atoms with Gasteiger partial charge in [-0.1, -0.05) is 10.3 Å². The molecule has 4 unspecified atom stereocenters. The molecule has 0 aliphatic rings. The topological polar surface area (TPSA) is 100.0 Å². The molecule has 0 radical (unpaired) electrons. The lowest BCUT2D eigenvalue weighted by Gasteiger charge is -2.42. The molecule has 0 aliphatic carbocycles. The van der Waals surface area contributed by atoms with Crippen molar-refractivity contribution in [2.45, 2.75) is 90.2 Å². The zero-order valence-electron chi connectivity index (χ0n) is 21.3. The lowest BCUT2D eigenvalue weighted by Crippen LogP contribution is -2.60.